The highest BCUT2D eigenvalue weighted by Gasteiger charge is 2.25. The first kappa shape index (κ1) is 18.4. The van der Waals surface area contributed by atoms with Crippen molar-refractivity contribution in [1.29, 1.82) is 5.26 Å². The number of thioether (sulfide) groups is 1. The van der Waals surface area contributed by atoms with Crippen LogP contribution in [0.4, 0.5) is 5.69 Å². The second kappa shape index (κ2) is 9.37. The van der Waals surface area contributed by atoms with Crippen molar-refractivity contribution in [2.75, 3.05) is 25.0 Å². The van der Waals surface area contributed by atoms with Gasteiger partial charge in [-0.2, -0.15) is 5.26 Å². The lowest BCUT2D eigenvalue weighted by atomic mass is 9.96. The lowest BCUT2D eigenvalue weighted by molar-refractivity contribution is -0.121. The molecule has 1 atom stereocenters. The highest BCUT2D eigenvalue weighted by Crippen LogP contribution is 2.32. The summed E-state index contributed by atoms with van der Waals surface area (Å²) >= 11 is 1.62. The highest BCUT2D eigenvalue weighted by molar-refractivity contribution is 8.00. The number of carbonyl (C=O) groups is 1. The lowest BCUT2D eigenvalue weighted by Gasteiger charge is -2.30. The summed E-state index contributed by atoms with van der Waals surface area (Å²) in [6, 6.07) is 9.97. The van der Waals surface area contributed by atoms with Gasteiger partial charge in [0.2, 0.25) is 5.91 Å². The van der Waals surface area contributed by atoms with Crippen LogP contribution in [0.25, 0.3) is 0 Å². The van der Waals surface area contributed by atoms with Crippen molar-refractivity contribution in [1.82, 2.24) is 4.90 Å². The average Bonchev–Trinajstić information content (AvgIpc) is 2.58. The molecule has 24 heavy (non-hydrogen) atoms. The van der Waals surface area contributed by atoms with Crippen molar-refractivity contribution in [3.63, 3.8) is 0 Å². The molecule has 1 fully saturated rings. The Bertz CT molecular complexity index is 639. The molecule has 1 N–H and O–H groups in total. The van der Waals surface area contributed by atoms with E-state index in [0.717, 1.165) is 36.5 Å². The summed E-state index contributed by atoms with van der Waals surface area (Å²) in [4.78, 5) is 15.8. The Kier molecular flexibility index (Phi) is 7.18. The monoisotopic (exact) mass is 341 g/mol. The first-order valence-corrected chi connectivity index (χ1v) is 9.11. The number of amides is 1. The summed E-state index contributed by atoms with van der Waals surface area (Å²) in [6.07, 6.45) is 7.51. The maximum atomic E-state index is 12.6. The molecule has 1 aliphatic heterocycles. The molecule has 1 aromatic rings. The molecule has 0 unspecified atom stereocenters. The Morgan fingerprint density at radius 1 is 1.46 bits per heavy atom. The van der Waals surface area contributed by atoms with Crippen LogP contribution >= 0.6 is 11.8 Å². The average molecular weight is 341 g/mol. The number of benzene rings is 1. The number of likely N-dealkylation sites (tertiary alicyclic amines) is 1. The van der Waals surface area contributed by atoms with Crippen LogP contribution in [-0.4, -0.2) is 35.7 Å². The molecule has 1 saturated heterocycles. The number of carbonyl (C=O) groups excluding carboxylic acids is 1. The van der Waals surface area contributed by atoms with Gasteiger partial charge >= 0.3 is 0 Å². The summed E-state index contributed by atoms with van der Waals surface area (Å²) in [7, 11) is 0. The minimum Gasteiger partial charge on any atom is -0.325 e. The quantitative estimate of drug-likeness (QED) is 0.637. The molecule has 1 aromatic carbocycles. The minimum atomic E-state index is 0.0358. The molecular weight excluding hydrogens is 318 g/mol. The van der Waals surface area contributed by atoms with Crippen molar-refractivity contribution in [3.05, 3.63) is 24.3 Å². The zero-order chi connectivity index (χ0) is 17.4. The number of hydrogen-bond acceptors (Lipinski definition) is 4. The van der Waals surface area contributed by atoms with E-state index in [1.165, 1.54) is 0 Å². The van der Waals surface area contributed by atoms with Crippen molar-refractivity contribution >= 4 is 23.4 Å². The van der Waals surface area contributed by atoms with Crippen LogP contribution in [0, 0.1) is 29.6 Å². The number of terminal acetylenes is 1. The first-order chi connectivity index (χ1) is 11.6. The zero-order valence-electron chi connectivity index (χ0n) is 14.0. The molecule has 0 aromatic heterocycles. The van der Waals surface area contributed by atoms with Gasteiger partial charge in [-0.3, -0.25) is 9.69 Å². The Morgan fingerprint density at radius 2 is 2.17 bits per heavy atom. The van der Waals surface area contributed by atoms with E-state index in [4.69, 9.17) is 11.7 Å². The van der Waals surface area contributed by atoms with E-state index in [-0.39, 0.29) is 17.1 Å². The second-order valence-corrected chi connectivity index (χ2v) is 7.51. The molecule has 0 radical (unpaired) electrons. The number of rotatable bonds is 6. The van der Waals surface area contributed by atoms with Crippen molar-refractivity contribution in [2.24, 2.45) is 5.92 Å². The maximum Gasteiger partial charge on any atom is 0.227 e. The summed E-state index contributed by atoms with van der Waals surface area (Å²) in [5, 5.41) is 12.1. The third-order valence-electron chi connectivity index (χ3n) is 4.13. The number of hydrogen-bond donors (Lipinski definition) is 1. The van der Waals surface area contributed by atoms with Gasteiger partial charge in [0.05, 0.1) is 18.3 Å². The van der Waals surface area contributed by atoms with E-state index >= 15 is 0 Å². The van der Waals surface area contributed by atoms with Crippen LogP contribution in [0.2, 0.25) is 0 Å². The molecule has 4 nitrogen and oxygen atoms in total. The highest BCUT2D eigenvalue weighted by atomic mass is 32.2. The number of nitrogens with one attached hydrogen (secondary N) is 1. The fourth-order valence-electron chi connectivity index (χ4n) is 2.78. The molecule has 1 heterocycles. The standard InChI is InChI=1S/C19H23N3OS/c1-3-12-22-13-9-16(10-14-22)19(23)21-17-6-4-5-7-18(17)24-15(2)8-11-20/h1,4-7,15-16H,8-10,12-14H2,2H3,(H,21,23)/t15-/m1/s1. The van der Waals surface area contributed by atoms with Crippen molar-refractivity contribution < 1.29 is 4.79 Å². The van der Waals surface area contributed by atoms with Gasteiger partial charge in [-0.25, -0.2) is 0 Å². The Labute approximate surface area is 148 Å². The zero-order valence-corrected chi connectivity index (χ0v) is 14.8. The SMILES string of the molecule is C#CCN1CCC(C(=O)Nc2ccccc2S[C@H](C)CC#N)CC1. The van der Waals surface area contributed by atoms with E-state index < -0.39 is 0 Å². The molecule has 126 valence electrons. The van der Waals surface area contributed by atoms with E-state index in [2.05, 4.69) is 22.2 Å². The van der Waals surface area contributed by atoms with Crippen molar-refractivity contribution in [3.8, 4) is 18.4 Å². The van der Waals surface area contributed by atoms with E-state index in [0.29, 0.717) is 13.0 Å². The minimum absolute atomic E-state index is 0.0358. The topological polar surface area (TPSA) is 56.1 Å². The molecule has 1 aliphatic rings. The fraction of sp³-hybridized carbons (Fsp3) is 0.474. The Hall–Kier alpha value is -1.95. The summed E-state index contributed by atoms with van der Waals surface area (Å²) in [5.74, 6) is 2.77. The third kappa shape index (κ3) is 5.30. The van der Waals surface area contributed by atoms with Crippen LogP contribution < -0.4 is 5.32 Å². The number of piperidine rings is 1. The Morgan fingerprint density at radius 3 is 2.83 bits per heavy atom. The molecule has 0 aliphatic carbocycles. The molecule has 2 rings (SSSR count). The summed E-state index contributed by atoms with van der Waals surface area (Å²) in [6.45, 7) is 4.42. The van der Waals surface area contributed by atoms with Crippen LogP contribution in [0.1, 0.15) is 26.2 Å². The predicted molar refractivity (Wildman–Crippen MR) is 98.6 cm³/mol. The number of nitriles is 1. The molecule has 5 heteroatoms. The molecule has 1 amide bonds. The molecule has 0 spiro atoms. The molecule has 0 saturated carbocycles. The maximum absolute atomic E-state index is 12.6. The van der Waals surface area contributed by atoms with Crippen LogP contribution in [-0.2, 0) is 4.79 Å². The second-order valence-electron chi connectivity index (χ2n) is 6.03. The Balaban J connectivity index is 1.95. The van der Waals surface area contributed by atoms with Gasteiger partial charge in [-0.15, -0.1) is 18.2 Å². The largest absolute Gasteiger partial charge is 0.325 e. The summed E-state index contributed by atoms with van der Waals surface area (Å²) < 4.78 is 0. The van der Waals surface area contributed by atoms with Gasteiger partial charge in [-0.1, -0.05) is 25.0 Å². The van der Waals surface area contributed by atoms with Gasteiger partial charge in [-0.05, 0) is 38.1 Å². The van der Waals surface area contributed by atoms with Gasteiger partial charge in [0.1, 0.15) is 0 Å². The van der Waals surface area contributed by atoms with Gasteiger partial charge in [0.15, 0.2) is 0 Å². The van der Waals surface area contributed by atoms with Crippen LogP contribution in [0.5, 0.6) is 0 Å². The van der Waals surface area contributed by atoms with E-state index in [1.54, 1.807) is 11.8 Å². The smallest absolute Gasteiger partial charge is 0.227 e. The lowest BCUT2D eigenvalue weighted by Crippen LogP contribution is -2.38. The third-order valence-corrected chi connectivity index (χ3v) is 5.30. The predicted octanol–water partition coefficient (Wildman–Crippen LogP) is 3.36. The normalized spacial score (nSPS) is 16.8. The summed E-state index contributed by atoms with van der Waals surface area (Å²) in [5.41, 5.74) is 0.836. The number of nitrogens with zero attached hydrogens (tertiary/aromatic N) is 2. The first-order valence-electron chi connectivity index (χ1n) is 8.23. The number of anilines is 1. The van der Waals surface area contributed by atoms with Gasteiger partial charge < -0.3 is 5.32 Å². The van der Waals surface area contributed by atoms with E-state index in [1.807, 2.05) is 31.2 Å². The fourth-order valence-corrected chi connectivity index (χ4v) is 3.77. The van der Waals surface area contributed by atoms with Crippen molar-refractivity contribution in [2.45, 2.75) is 36.3 Å². The van der Waals surface area contributed by atoms with Gasteiger partial charge in [0.25, 0.3) is 0 Å². The van der Waals surface area contributed by atoms with Crippen LogP contribution in [0.3, 0.4) is 0 Å². The van der Waals surface area contributed by atoms with E-state index in [9.17, 15) is 4.79 Å². The van der Waals surface area contributed by atoms with Gasteiger partial charge in [0, 0.05) is 22.5 Å². The number of para-hydroxylation sites is 1. The molecule has 0 bridgehead atoms. The molecular formula is C19H23N3OS. The van der Waals surface area contributed by atoms with Crippen LogP contribution in [0.15, 0.2) is 29.2 Å².